The Kier molecular flexibility index (Phi) is 4.77. The molecule has 0 aliphatic carbocycles. The molecule has 0 fully saturated rings. The Bertz CT molecular complexity index is 690. The lowest BCUT2D eigenvalue weighted by atomic mass is 10.2. The van der Waals surface area contributed by atoms with E-state index in [2.05, 4.69) is 10.9 Å². The van der Waals surface area contributed by atoms with Crippen LogP contribution in [0.15, 0.2) is 42.5 Å². The summed E-state index contributed by atoms with van der Waals surface area (Å²) < 4.78 is 13.5. The minimum absolute atomic E-state index is 0.175. The monoisotopic (exact) mass is 326 g/mol. The van der Waals surface area contributed by atoms with Crippen LogP contribution in [-0.4, -0.2) is 11.8 Å². The SMILES string of the molecule is O=C(NNC(=O)c1ccc(Cl)cc1F)c1ccc(Cl)cc1. The molecule has 2 rings (SSSR count). The molecule has 0 aromatic heterocycles. The van der Waals surface area contributed by atoms with E-state index in [1.54, 1.807) is 0 Å². The third-order valence-corrected chi connectivity index (χ3v) is 3.06. The molecule has 4 nitrogen and oxygen atoms in total. The Balaban J connectivity index is 2.00. The van der Waals surface area contributed by atoms with Gasteiger partial charge >= 0.3 is 0 Å². The van der Waals surface area contributed by atoms with Crippen LogP contribution in [0.25, 0.3) is 0 Å². The van der Waals surface area contributed by atoms with Crippen molar-refractivity contribution in [3.8, 4) is 0 Å². The van der Waals surface area contributed by atoms with Gasteiger partial charge in [-0.3, -0.25) is 20.4 Å². The van der Waals surface area contributed by atoms with Crippen molar-refractivity contribution in [3.63, 3.8) is 0 Å². The number of benzene rings is 2. The summed E-state index contributed by atoms with van der Waals surface area (Å²) in [4.78, 5) is 23.5. The summed E-state index contributed by atoms with van der Waals surface area (Å²) >= 11 is 11.3. The first-order valence-electron chi connectivity index (χ1n) is 5.78. The number of carbonyl (C=O) groups excluding carboxylic acids is 2. The second-order valence-corrected chi connectivity index (χ2v) is 4.91. The van der Waals surface area contributed by atoms with Crippen LogP contribution in [0, 0.1) is 5.82 Å². The van der Waals surface area contributed by atoms with Gasteiger partial charge in [0.05, 0.1) is 5.56 Å². The molecule has 0 saturated carbocycles. The van der Waals surface area contributed by atoms with Crippen molar-refractivity contribution in [2.75, 3.05) is 0 Å². The van der Waals surface area contributed by atoms with Gasteiger partial charge < -0.3 is 0 Å². The zero-order valence-corrected chi connectivity index (χ0v) is 12.0. The van der Waals surface area contributed by atoms with Crippen molar-refractivity contribution < 1.29 is 14.0 Å². The third kappa shape index (κ3) is 3.93. The molecule has 0 atom stereocenters. The molecule has 2 aromatic rings. The molecule has 0 unspecified atom stereocenters. The maximum atomic E-state index is 13.5. The predicted molar refractivity (Wildman–Crippen MR) is 77.8 cm³/mol. The highest BCUT2D eigenvalue weighted by Gasteiger charge is 2.13. The number of carbonyl (C=O) groups is 2. The van der Waals surface area contributed by atoms with E-state index in [0.29, 0.717) is 10.6 Å². The Labute approximate surface area is 129 Å². The van der Waals surface area contributed by atoms with E-state index in [-0.39, 0.29) is 10.6 Å². The number of hydrogen-bond acceptors (Lipinski definition) is 2. The first-order valence-corrected chi connectivity index (χ1v) is 6.54. The average Bonchev–Trinajstić information content (AvgIpc) is 2.45. The Morgan fingerprint density at radius 3 is 2.05 bits per heavy atom. The topological polar surface area (TPSA) is 58.2 Å². The van der Waals surface area contributed by atoms with Gasteiger partial charge in [-0.15, -0.1) is 0 Å². The molecule has 0 radical (unpaired) electrons. The summed E-state index contributed by atoms with van der Waals surface area (Å²) in [6, 6.07) is 9.67. The largest absolute Gasteiger partial charge is 0.272 e. The highest BCUT2D eigenvalue weighted by molar-refractivity contribution is 6.31. The summed E-state index contributed by atoms with van der Waals surface area (Å²) in [7, 11) is 0. The van der Waals surface area contributed by atoms with Crippen LogP contribution in [0.2, 0.25) is 10.0 Å². The van der Waals surface area contributed by atoms with Gasteiger partial charge in [0.25, 0.3) is 11.8 Å². The number of hydrogen-bond donors (Lipinski definition) is 2. The summed E-state index contributed by atoms with van der Waals surface area (Å²) in [5.74, 6) is -2.11. The van der Waals surface area contributed by atoms with Crippen LogP contribution in [0.3, 0.4) is 0 Å². The second-order valence-electron chi connectivity index (χ2n) is 4.04. The van der Waals surface area contributed by atoms with E-state index in [9.17, 15) is 14.0 Å². The molecule has 0 heterocycles. The molecular formula is C14H9Cl2FN2O2. The fourth-order valence-corrected chi connectivity index (χ4v) is 1.81. The van der Waals surface area contributed by atoms with Crippen molar-refractivity contribution in [2.24, 2.45) is 0 Å². The van der Waals surface area contributed by atoms with E-state index >= 15 is 0 Å². The number of amides is 2. The Morgan fingerprint density at radius 2 is 1.43 bits per heavy atom. The molecule has 0 saturated heterocycles. The molecule has 0 spiro atoms. The second kappa shape index (κ2) is 6.56. The van der Waals surface area contributed by atoms with Crippen molar-refractivity contribution in [1.82, 2.24) is 10.9 Å². The van der Waals surface area contributed by atoms with Gasteiger partial charge in [0.2, 0.25) is 0 Å². The minimum atomic E-state index is -0.786. The molecule has 0 aliphatic rings. The fraction of sp³-hybridized carbons (Fsp3) is 0. The molecule has 0 aliphatic heterocycles. The lowest BCUT2D eigenvalue weighted by Crippen LogP contribution is -2.41. The summed E-state index contributed by atoms with van der Waals surface area (Å²) in [6.45, 7) is 0. The molecule has 2 aromatic carbocycles. The van der Waals surface area contributed by atoms with Gasteiger partial charge in [-0.25, -0.2) is 4.39 Å². The minimum Gasteiger partial charge on any atom is -0.267 e. The van der Waals surface area contributed by atoms with Gasteiger partial charge in [-0.2, -0.15) is 0 Å². The summed E-state index contributed by atoms with van der Waals surface area (Å²) in [6.07, 6.45) is 0. The van der Waals surface area contributed by atoms with Crippen molar-refractivity contribution >= 4 is 35.0 Å². The fourth-order valence-electron chi connectivity index (χ4n) is 1.53. The lowest BCUT2D eigenvalue weighted by Gasteiger charge is -2.08. The van der Waals surface area contributed by atoms with Crippen molar-refractivity contribution in [1.29, 1.82) is 0 Å². The van der Waals surface area contributed by atoms with Crippen LogP contribution < -0.4 is 10.9 Å². The predicted octanol–water partition coefficient (Wildman–Crippen LogP) is 3.21. The van der Waals surface area contributed by atoms with E-state index in [1.807, 2.05) is 0 Å². The highest BCUT2D eigenvalue weighted by atomic mass is 35.5. The summed E-state index contributed by atoms with van der Waals surface area (Å²) in [5.41, 5.74) is 4.37. The Hall–Kier alpha value is -2.11. The number of halogens is 3. The van der Waals surface area contributed by atoms with Crippen LogP contribution in [-0.2, 0) is 0 Å². The van der Waals surface area contributed by atoms with Gasteiger partial charge in [0.15, 0.2) is 0 Å². The molecule has 2 N–H and O–H groups in total. The van der Waals surface area contributed by atoms with Crippen molar-refractivity contribution in [3.05, 3.63) is 69.5 Å². The smallest absolute Gasteiger partial charge is 0.267 e. The van der Waals surface area contributed by atoms with Gasteiger partial charge in [0.1, 0.15) is 5.82 Å². The quantitative estimate of drug-likeness (QED) is 0.832. The molecule has 7 heteroatoms. The highest BCUT2D eigenvalue weighted by Crippen LogP contribution is 2.14. The normalized spacial score (nSPS) is 10.0. The first-order chi connectivity index (χ1) is 9.97. The third-order valence-electron chi connectivity index (χ3n) is 2.57. The van der Waals surface area contributed by atoms with Crippen molar-refractivity contribution in [2.45, 2.75) is 0 Å². The zero-order chi connectivity index (χ0) is 15.4. The van der Waals surface area contributed by atoms with Gasteiger partial charge in [-0.05, 0) is 42.5 Å². The first kappa shape index (κ1) is 15.3. The zero-order valence-electron chi connectivity index (χ0n) is 10.5. The molecule has 2 amide bonds. The number of rotatable bonds is 2. The van der Waals surface area contributed by atoms with E-state index in [0.717, 1.165) is 6.07 Å². The van der Waals surface area contributed by atoms with Gasteiger partial charge in [0, 0.05) is 15.6 Å². The number of hydrazine groups is 1. The van der Waals surface area contributed by atoms with E-state index in [4.69, 9.17) is 23.2 Å². The van der Waals surface area contributed by atoms with E-state index in [1.165, 1.54) is 36.4 Å². The maximum absolute atomic E-state index is 13.5. The van der Waals surface area contributed by atoms with Crippen LogP contribution >= 0.6 is 23.2 Å². The maximum Gasteiger partial charge on any atom is 0.272 e. The van der Waals surface area contributed by atoms with E-state index < -0.39 is 17.6 Å². The van der Waals surface area contributed by atoms with Crippen LogP contribution in [0.4, 0.5) is 4.39 Å². The molecule has 0 bridgehead atoms. The number of nitrogens with one attached hydrogen (secondary N) is 2. The molecule has 108 valence electrons. The standard InChI is InChI=1S/C14H9Cl2FN2O2/c15-9-3-1-8(2-4-9)13(20)18-19-14(21)11-6-5-10(16)7-12(11)17/h1-7H,(H,18,20)(H,19,21). The Morgan fingerprint density at radius 1 is 0.857 bits per heavy atom. The lowest BCUT2D eigenvalue weighted by molar-refractivity contribution is 0.0844. The van der Waals surface area contributed by atoms with Gasteiger partial charge in [-0.1, -0.05) is 23.2 Å². The summed E-state index contributed by atoms with van der Waals surface area (Å²) in [5, 5.41) is 0.660. The van der Waals surface area contributed by atoms with Crippen LogP contribution in [0.5, 0.6) is 0 Å². The van der Waals surface area contributed by atoms with Crippen LogP contribution in [0.1, 0.15) is 20.7 Å². The molecular weight excluding hydrogens is 318 g/mol. The molecule has 21 heavy (non-hydrogen) atoms. The average molecular weight is 327 g/mol.